The molecule has 7 nitrogen and oxygen atoms in total. The lowest BCUT2D eigenvalue weighted by Crippen LogP contribution is -1.85. The molecule has 0 saturated carbocycles. The highest BCUT2D eigenvalue weighted by molar-refractivity contribution is 5.96. The lowest BCUT2D eigenvalue weighted by molar-refractivity contribution is -0.384. The quantitative estimate of drug-likeness (QED) is 0.419. The smallest absolute Gasteiger partial charge is 0.269 e. The van der Waals surface area contributed by atoms with E-state index in [0.29, 0.717) is 16.5 Å². The van der Waals surface area contributed by atoms with Crippen LogP contribution in [-0.2, 0) is 0 Å². The fourth-order valence-electron chi connectivity index (χ4n) is 2.16. The number of phenolic OH excluding ortho intramolecular Hbond substituents is 2. The van der Waals surface area contributed by atoms with Gasteiger partial charge in [-0.15, -0.1) is 5.11 Å². The van der Waals surface area contributed by atoms with Crippen molar-refractivity contribution in [3.63, 3.8) is 0 Å². The van der Waals surface area contributed by atoms with Gasteiger partial charge in [0.15, 0.2) is 5.75 Å². The van der Waals surface area contributed by atoms with E-state index in [2.05, 4.69) is 10.2 Å². The van der Waals surface area contributed by atoms with E-state index in [4.69, 9.17) is 0 Å². The third-order valence-corrected chi connectivity index (χ3v) is 3.31. The van der Waals surface area contributed by atoms with Gasteiger partial charge in [-0.1, -0.05) is 18.2 Å². The molecule has 0 atom stereocenters. The van der Waals surface area contributed by atoms with E-state index < -0.39 is 4.92 Å². The number of phenols is 2. The highest BCUT2D eigenvalue weighted by Crippen LogP contribution is 2.39. The minimum atomic E-state index is -0.501. The molecule has 0 bridgehead atoms. The normalized spacial score (nSPS) is 11.1. The van der Waals surface area contributed by atoms with E-state index in [0.717, 1.165) is 0 Å². The molecule has 0 spiro atoms. The first-order chi connectivity index (χ1) is 11.1. The van der Waals surface area contributed by atoms with Crippen LogP contribution in [0.5, 0.6) is 11.5 Å². The molecule has 0 aromatic heterocycles. The van der Waals surface area contributed by atoms with Crippen LogP contribution in [0.15, 0.2) is 64.8 Å². The van der Waals surface area contributed by atoms with Crippen LogP contribution >= 0.6 is 0 Å². The number of hydrogen-bond acceptors (Lipinski definition) is 6. The van der Waals surface area contributed by atoms with Gasteiger partial charge in [0.05, 0.1) is 16.0 Å². The summed E-state index contributed by atoms with van der Waals surface area (Å²) in [5.41, 5.74) is 0.562. The number of aromatic hydroxyl groups is 2. The second-order valence-electron chi connectivity index (χ2n) is 4.78. The van der Waals surface area contributed by atoms with Crippen LogP contribution in [0, 0.1) is 10.1 Å². The van der Waals surface area contributed by atoms with Gasteiger partial charge in [-0.25, -0.2) is 0 Å². The summed E-state index contributed by atoms with van der Waals surface area (Å²) in [6.45, 7) is 0. The molecule has 0 aliphatic carbocycles. The Kier molecular flexibility index (Phi) is 3.60. The maximum absolute atomic E-state index is 10.6. The second kappa shape index (κ2) is 5.72. The monoisotopic (exact) mass is 309 g/mol. The number of nitrogens with zero attached hydrogens (tertiary/aromatic N) is 3. The molecule has 2 N–H and O–H groups in total. The number of azo groups is 1. The number of benzene rings is 3. The van der Waals surface area contributed by atoms with Gasteiger partial charge >= 0.3 is 0 Å². The summed E-state index contributed by atoms with van der Waals surface area (Å²) >= 11 is 0. The topological polar surface area (TPSA) is 108 Å². The van der Waals surface area contributed by atoms with Crippen LogP contribution in [0.1, 0.15) is 0 Å². The molecule has 0 aliphatic heterocycles. The van der Waals surface area contributed by atoms with E-state index in [1.165, 1.54) is 30.3 Å². The van der Waals surface area contributed by atoms with Crippen LogP contribution in [0.3, 0.4) is 0 Å². The van der Waals surface area contributed by atoms with E-state index in [1.807, 2.05) is 0 Å². The van der Waals surface area contributed by atoms with Crippen molar-refractivity contribution in [3.8, 4) is 11.5 Å². The Labute approximate surface area is 130 Å². The average Bonchev–Trinajstić information content (AvgIpc) is 2.54. The third kappa shape index (κ3) is 2.80. The SMILES string of the molecule is O=[N+]([O-])c1ccc(N=Nc2ccc3cccc(O)c3c2O)cc1. The Morgan fingerprint density at radius 3 is 2.35 bits per heavy atom. The van der Waals surface area contributed by atoms with Crippen molar-refractivity contribution in [2.45, 2.75) is 0 Å². The van der Waals surface area contributed by atoms with Crippen LogP contribution in [0.4, 0.5) is 17.1 Å². The Bertz CT molecular complexity index is 921. The molecule has 0 amide bonds. The molecule has 0 unspecified atom stereocenters. The second-order valence-corrected chi connectivity index (χ2v) is 4.78. The van der Waals surface area contributed by atoms with E-state index in [-0.39, 0.29) is 22.9 Å². The van der Waals surface area contributed by atoms with E-state index in [9.17, 15) is 20.3 Å². The molecule has 0 fully saturated rings. The van der Waals surface area contributed by atoms with Gasteiger partial charge in [0.25, 0.3) is 5.69 Å². The fraction of sp³-hybridized carbons (Fsp3) is 0. The Hall–Kier alpha value is -3.48. The van der Waals surface area contributed by atoms with E-state index >= 15 is 0 Å². The van der Waals surface area contributed by atoms with E-state index in [1.54, 1.807) is 24.3 Å². The molecule has 23 heavy (non-hydrogen) atoms. The largest absolute Gasteiger partial charge is 0.507 e. The maximum atomic E-state index is 10.6. The van der Waals surface area contributed by atoms with Gasteiger partial charge in [0.2, 0.25) is 0 Å². The number of fused-ring (bicyclic) bond motifs is 1. The Balaban J connectivity index is 1.96. The van der Waals surface area contributed by atoms with Gasteiger partial charge < -0.3 is 10.2 Å². The van der Waals surface area contributed by atoms with Gasteiger partial charge in [-0.3, -0.25) is 10.1 Å². The molecule has 0 heterocycles. The van der Waals surface area contributed by atoms with Crippen molar-refractivity contribution >= 4 is 27.8 Å². The summed E-state index contributed by atoms with van der Waals surface area (Å²) in [7, 11) is 0. The van der Waals surface area contributed by atoms with Crippen molar-refractivity contribution in [3.05, 3.63) is 64.7 Å². The Morgan fingerprint density at radius 1 is 0.913 bits per heavy atom. The molecular formula is C16H11N3O4. The minimum Gasteiger partial charge on any atom is -0.507 e. The van der Waals surface area contributed by atoms with Crippen molar-refractivity contribution in [2.75, 3.05) is 0 Å². The highest BCUT2D eigenvalue weighted by Gasteiger charge is 2.10. The molecule has 3 aromatic carbocycles. The number of nitro benzene ring substituents is 1. The number of non-ortho nitro benzene ring substituents is 1. The average molecular weight is 309 g/mol. The lowest BCUT2D eigenvalue weighted by atomic mass is 10.1. The van der Waals surface area contributed by atoms with Crippen molar-refractivity contribution < 1.29 is 15.1 Å². The summed E-state index contributed by atoms with van der Waals surface area (Å²) < 4.78 is 0. The molecule has 3 rings (SSSR count). The standard InChI is InChI=1S/C16H11N3O4/c20-14-3-1-2-10-4-9-13(16(21)15(10)14)18-17-11-5-7-12(8-6-11)19(22)23/h1-9,20-21H. The molecule has 0 saturated heterocycles. The first-order valence-electron chi connectivity index (χ1n) is 6.66. The van der Waals surface area contributed by atoms with Crippen molar-refractivity contribution in [1.29, 1.82) is 0 Å². The summed E-state index contributed by atoms with van der Waals surface area (Å²) in [6.07, 6.45) is 0. The minimum absolute atomic E-state index is 0.0394. The van der Waals surface area contributed by atoms with Gasteiger partial charge in [-0.2, -0.15) is 5.11 Å². The van der Waals surface area contributed by atoms with Crippen LogP contribution in [0.2, 0.25) is 0 Å². The molecule has 0 radical (unpaired) electrons. The summed E-state index contributed by atoms with van der Waals surface area (Å²) in [5.74, 6) is -0.223. The molecule has 3 aromatic rings. The first kappa shape index (κ1) is 14.5. The fourth-order valence-corrected chi connectivity index (χ4v) is 2.16. The zero-order valence-corrected chi connectivity index (χ0v) is 11.7. The first-order valence-corrected chi connectivity index (χ1v) is 6.66. The van der Waals surface area contributed by atoms with Gasteiger partial charge in [0.1, 0.15) is 11.4 Å². The molecule has 114 valence electrons. The lowest BCUT2D eigenvalue weighted by Gasteiger charge is -2.05. The molecule has 7 heteroatoms. The number of rotatable bonds is 3. The third-order valence-electron chi connectivity index (χ3n) is 3.31. The zero-order valence-electron chi connectivity index (χ0n) is 11.7. The highest BCUT2D eigenvalue weighted by atomic mass is 16.6. The van der Waals surface area contributed by atoms with Crippen LogP contribution < -0.4 is 0 Å². The summed E-state index contributed by atoms with van der Waals surface area (Å²) in [4.78, 5) is 10.1. The summed E-state index contributed by atoms with van der Waals surface area (Å²) in [5, 5.41) is 39.5. The summed E-state index contributed by atoms with van der Waals surface area (Å²) in [6, 6.07) is 13.7. The maximum Gasteiger partial charge on any atom is 0.269 e. The van der Waals surface area contributed by atoms with Crippen LogP contribution in [0.25, 0.3) is 10.8 Å². The Morgan fingerprint density at radius 2 is 1.65 bits per heavy atom. The van der Waals surface area contributed by atoms with Crippen molar-refractivity contribution in [1.82, 2.24) is 0 Å². The molecule has 0 aliphatic rings. The predicted octanol–water partition coefficient (Wildman–Crippen LogP) is 4.57. The number of hydrogen-bond donors (Lipinski definition) is 2. The van der Waals surface area contributed by atoms with Gasteiger partial charge in [0, 0.05) is 12.1 Å². The molecular weight excluding hydrogens is 298 g/mol. The van der Waals surface area contributed by atoms with Crippen molar-refractivity contribution in [2.24, 2.45) is 10.2 Å². The van der Waals surface area contributed by atoms with Gasteiger partial charge in [-0.05, 0) is 29.7 Å². The zero-order chi connectivity index (χ0) is 16.4. The predicted molar refractivity (Wildman–Crippen MR) is 84.6 cm³/mol. The number of nitro groups is 1. The van der Waals surface area contributed by atoms with Crippen LogP contribution in [-0.4, -0.2) is 15.1 Å².